The van der Waals surface area contributed by atoms with Crippen LogP contribution in [-0.2, 0) is 11.8 Å². The van der Waals surface area contributed by atoms with Crippen LogP contribution in [-0.4, -0.2) is 23.3 Å². The van der Waals surface area contributed by atoms with E-state index in [2.05, 4.69) is 12.6 Å². The van der Waals surface area contributed by atoms with Gasteiger partial charge in [-0.15, -0.1) is 0 Å². The molecule has 6 heteroatoms. The molecule has 0 radical (unpaired) electrons. The van der Waals surface area contributed by atoms with Crippen LogP contribution < -0.4 is 10.7 Å². The number of aryl methyl sites for hydroxylation is 1. The van der Waals surface area contributed by atoms with Gasteiger partial charge in [0.25, 0.3) is 0 Å². The quantitative estimate of drug-likeness (QED) is 0.812. The predicted molar refractivity (Wildman–Crippen MR) is 68.7 cm³/mol. The molecule has 2 aromatic rings. The van der Waals surface area contributed by atoms with Crippen molar-refractivity contribution in [3.63, 3.8) is 0 Å². The number of nitrogens with zero attached hydrogens (tertiary/aromatic N) is 2. The van der Waals surface area contributed by atoms with Gasteiger partial charge >= 0.3 is 5.76 Å². The largest absolute Gasteiger partial charge is 0.419 e. The summed E-state index contributed by atoms with van der Waals surface area (Å²) in [7, 11) is 3.29. The number of amides is 1. The number of benzene rings is 1. The maximum atomic E-state index is 11.5. The summed E-state index contributed by atoms with van der Waals surface area (Å²) < 4.78 is 6.41. The Kier molecular flexibility index (Phi) is 2.97. The van der Waals surface area contributed by atoms with Crippen LogP contribution in [0.15, 0.2) is 27.4 Å². The summed E-state index contributed by atoms with van der Waals surface area (Å²) in [6, 6.07) is 5.14. The number of aromatic nitrogens is 1. The molecule has 0 unspecified atom stereocenters. The van der Waals surface area contributed by atoms with E-state index in [9.17, 15) is 9.59 Å². The Morgan fingerprint density at radius 2 is 2.24 bits per heavy atom. The molecule has 90 valence electrons. The van der Waals surface area contributed by atoms with Crippen LogP contribution in [0.2, 0.25) is 0 Å². The van der Waals surface area contributed by atoms with E-state index in [4.69, 9.17) is 4.42 Å². The summed E-state index contributed by atoms with van der Waals surface area (Å²) in [4.78, 5) is 24.3. The monoisotopic (exact) mass is 252 g/mol. The van der Waals surface area contributed by atoms with Crippen molar-refractivity contribution in [3.8, 4) is 0 Å². The first-order valence-electron chi connectivity index (χ1n) is 5.01. The van der Waals surface area contributed by atoms with Crippen molar-refractivity contribution in [2.24, 2.45) is 7.05 Å². The second-order valence-electron chi connectivity index (χ2n) is 3.69. The fourth-order valence-corrected chi connectivity index (χ4v) is 1.79. The molecule has 1 aromatic carbocycles. The zero-order chi connectivity index (χ0) is 12.6. The molecule has 0 aliphatic rings. The van der Waals surface area contributed by atoms with Crippen molar-refractivity contribution in [2.45, 2.75) is 0 Å². The normalized spacial score (nSPS) is 10.8. The lowest BCUT2D eigenvalue weighted by atomic mass is 10.2. The van der Waals surface area contributed by atoms with Gasteiger partial charge in [-0.3, -0.25) is 9.36 Å². The van der Waals surface area contributed by atoms with Crippen molar-refractivity contribution in [3.05, 3.63) is 28.7 Å². The first-order chi connectivity index (χ1) is 8.04. The third-order valence-corrected chi connectivity index (χ3v) is 2.94. The van der Waals surface area contributed by atoms with Gasteiger partial charge in [-0.1, -0.05) is 0 Å². The van der Waals surface area contributed by atoms with Gasteiger partial charge in [0.2, 0.25) is 5.91 Å². The van der Waals surface area contributed by atoms with Crippen LogP contribution in [0.5, 0.6) is 0 Å². The van der Waals surface area contributed by atoms with Crippen LogP contribution >= 0.6 is 12.6 Å². The standard InChI is InChI=1S/C11H12N2O3S/c1-12(10(14)6-17)7-3-4-9-8(5-7)13(2)11(15)16-9/h3-5,17H,6H2,1-2H3. The van der Waals surface area contributed by atoms with E-state index >= 15 is 0 Å². The molecule has 0 saturated heterocycles. The Morgan fingerprint density at radius 1 is 1.53 bits per heavy atom. The van der Waals surface area contributed by atoms with Crippen molar-refractivity contribution in [1.82, 2.24) is 4.57 Å². The topological polar surface area (TPSA) is 55.5 Å². The molecular formula is C11H12N2O3S. The summed E-state index contributed by atoms with van der Waals surface area (Å²) in [5.41, 5.74) is 1.87. The molecule has 2 rings (SSSR count). The summed E-state index contributed by atoms with van der Waals surface area (Å²) >= 11 is 3.94. The molecule has 1 amide bonds. The van der Waals surface area contributed by atoms with E-state index in [0.717, 1.165) is 0 Å². The first kappa shape index (κ1) is 11.8. The minimum atomic E-state index is -0.416. The fraction of sp³-hybridized carbons (Fsp3) is 0.273. The van der Waals surface area contributed by atoms with Crippen LogP contribution in [0, 0.1) is 0 Å². The highest BCUT2D eigenvalue weighted by Crippen LogP contribution is 2.20. The van der Waals surface area contributed by atoms with Crippen LogP contribution in [0.25, 0.3) is 11.1 Å². The second-order valence-corrected chi connectivity index (χ2v) is 4.01. The molecule has 0 N–H and O–H groups in total. The minimum absolute atomic E-state index is 0.110. The number of oxazole rings is 1. The summed E-state index contributed by atoms with van der Waals surface area (Å²) in [6.45, 7) is 0. The second kappa shape index (κ2) is 4.29. The van der Waals surface area contributed by atoms with Gasteiger partial charge < -0.3 is 9.32 Å². The maximum Gasteiger partial charge on any atom is 0.419 e. The smallest absolute Gasteiger partial charge is 0.408 e. The SMILES string of the molecule is CN(C(=O)CS)c1ccc2oc(=O)n(C)c2c1. The number of hydrogen-bond donors (Lipinski definition) is 1. The Bertz CT molecular complexity index is 629. The number of anilines is 1. The molecule has 0 spiro atoms. The van der Waals surface area contributed by atoms with E-state index < -0.39 is 5.76 Å². The predicted octanol–water partition coefficient (Wildman–Crippen LogP) is 1.02. The van der Waals surface area contributed by atoms with E-state index in [1.54, 1.807) is 32.3 Å². The van der Waals surface area contributed by atoms with Gasteiger partial charge in [-0.2, -0.15) is 12.6 Å². The van der Waals surface area contributed by atoms with E-state index in [0.29, 0.717) is 16.8 Å². The average molecular weight is 252 g/mol. The third-order valence-electron chi connectivity index (χ3n) is 2.67. The molecular weight excluding hydrogens is 240 g/mol. The van der Waals surface area contributed by atoms with Crippen molar-refractivity contribution < 1.29 is 9.21 Å². The third kappa shape index (κ3) is 1.95. The minimum Gasteiger partial charge on any atom is -0.408 e. The lowest BCUT2D eigenvalue weighted by Crippen LogP contribution is -2.27. The summed E-state index contributed by atoms with van der Waals surface area (Å²) in [5.74, 6) is -0.389. The Hall–Kier alpha value is -1.69. The first-order valence-corrected chi connectivity index (χ1v) is 5.65. The van der Waals surface area contributed by atoms with Crippen LogP contribution in [0.3, 0.4) is 0 Å². The highest BCUT2D eigenvalue weighted by Gasteiger charge is 2.12. The fourth-order valence-electron chi connectivity index (χ4n) is 1.57. The lowest BCUT2D eigenvalue weighted by Gasteiger charge is -2.15. The molecule has 0 saturated carbocycles. The van der Waals surface area contributed by atoms with Crippen molar-refractivity contribution in [2.75, 3.05) is 17.7 Å². The van der Waals surface area contributed by atoms with Gasteiger partial charge in [0.1, 0.15) is 0 Å². The number of fused-ring (bicyclic) bond motifs is 1. The molecule has 1 aromatic heterocycles. The van der Waals surface area contributed by atoms with Gasteiger partial charge in [0.15, 0.2) is 5.58 Å². The Labute approximate surface area is 103 Å². The molecule has 17 heavy (non-hydrogen) atoms. The highest BCUT2D eigenvalue weighted by atomic mass is 32.1. The molecule has 1 heterocycles. The van der Waals surface area contributed by atoms with E-state index in [1.807, 2.05) is 0 Å². The molecule has 0 aliphatic heterocycles. The lowest BCUT2D eigenvalue weighted by molar-refractivity contribution is -0.115. The van der Waals surface area contributed by atoms with Gasteiger partial charge in [-0.25, -0.2) is 4.79 Å². The van der Waals surface area contributed by atoms with Gasteiger partial charge in [0.05, 0.1) is 11.3 Å². The maximum absolute atomic E-state index is 11.5. The number of thiol groups is 1. The highest BCUT2D eigenvalue weighted by molar-refractivity contribution is 7.81. The van der Waals surface area contributed by atoms with Crippen molar-refractivity contribution in [1.29, 1.82) is 0 Å². The zero-order valence-electron chi connectivity index (χ0n) is 9.51. The van der Waals surface area contributed by atoms with E-state index in [1.165, 1.54) is 9.47 Å². The zero-order valence-corrected chi connectivity index (χ0v) is 10.4. The average Bonchev–Trinajstić information content (AvgIpc) is 2.63. The molecule has 5 nitrogen and oxygen atoms in total. The van der Waals surface area contributed by atoms with Crippen molar-refractivity contribution >= 4 is 35.3 Å². The van der Waals surface area contributed by atoms with Crippen LogP contribution in [0.1, 0.15) is 0 Å². The molecule has 0 atom stereocenters. The molecule has 0 aliphatic carbocycles. The molecule has 0 fully saturated rings. The number of carbonyl (C=O) groups is 1. The number of hydrogen-bond acceptors (Lipinski definition) is 4. The van der Waals surface area contributed by atoms with Gasteiger partial charge in [0, 0.05) is 19.8 Å². The summed E-state index contributed by atoms with van der Waals surface area (Å²) in [6.07, 6.45) is 0. The number of rotatable bonds is 2. The van der Waals surface area contributed by atoms with E-state index in [-0.39, 0.29) is 11.7 Å². The Balaban J connectivity index is 2.54. The van der Waals surface area contributed by atoms with Crippen LogP contribution in [0.4, 0.5) is 5.69 Å². The Morgan fingerprint density at radius 3 is 2.88 bits per heavy atom. The molecule has 0 bridgehead atoms. The summed E-state index contributed by atoms with van der Waals surface area (Å²) in [5, 5.41) is 0. The number of carbonyl (C=O) groups excluding carboxylic acids is 1. The van der Waals surface area contributed by atoms with Gasteiger partial charge in [-0.05, 0) is 18.2 Å².